The van der Waals surface area contributed by atoms with Crippen LogP contribution in [-0.4, -0.2) is 39.4 Å². The Morgan fingerprint density at radius 1 is 1.53 bits per heavy atom. The fraction of sp³-hybridized carbons (Fsp3) is 0.364. The van der Waals surface area contributed by atoms with Crippen molar-refractivity contribution in [2.24, 2.45) is 5.73 Å². The molecule has 0 bridgehead atoms. The number of carboxylic acids is 1. The van der Waals surface area contributed by atoms with Gasteiger partial charge in [-0.2, -0.15) is 0 Å². The summed E-state index contributed by atoms with van der Waals surface area (Å²) in [6.07, 6.45) is 0.849. The van der Waals surface area contributed by atoms with Crippen molar-refractivity contribution < 1.29 is 27.4 Å². The van der Waals surface area contributed by atoms with Gasteiger partial charge in [-0.05, 0) is 6.07 Å². The molecule has 1 unspecified atom stereocenters. The zero-order valence-electron chi connectivity index (χ0n) is 10.4. The summed E-state index contributed by atoms with van der Waals surface area (Å²) in [5.74, 6) is -3.47. The molecule has 1 aromatic carbocycles. The van der Waals surface area contributed by atoms with Gasteiger partial charge in [0.2, 0.25) is 0 Å². The van der Waals surface area contributed by atoms with Crippen molar-refractivity contribution in [3.05, 3.63) is 23.5 Å². The molecule has 0 amide bonds. The van der Waals surface area contributed by atoms with E-state index in [9.17, 15) is 17.6 Å². The average molecular weight is 291 g/mol. The highest BCUT2D eigenvalue weighted by molar-refractivity contribution is 7.90. The number of rotatable bonds is 5. The van der Waals surface area contributed by atoms with Gasteiger partial charge in [0.05, 0.1) is 13.0 Å². The smallest absolute Gasteiger partial charge is 0.312 e. The minimum Gasteiger partial charge on any atom is -0.496 e. The van der Waals surface area contributed by atoms with E-state index in [1.807, 2.05) is 0 Å². The minimum absolute atomic E-state index is 0.00222. The van der Waals surface area contributed by atoms with Gasteiger partial charge in [0.1, 0.15) is 16.5 Å². The van der Waals surface area contributed by atoms with E-state index in [1.54, 1.807) is 0 Å². The number of hydrogen-bond acceptors (Lipinski definition) is 5. The SMILES string of the molecule is COc1cc(S(C)(=O)=O)c(F)cc1C(CN)C(=O)O. The Balaban J connectivity index is 3.52. The number of halogens is 1. The molecule has 1 rings (SSSR count). The van der Waals surface area contributed by atoms with Gasteiger partial charge in [0.25, 0.3) is 0 Å². The maximum Gasteiger partial charge on any atom is 0.312 e. The summed E-state index contributed by atoms with van der Waals surface area (Å²) in [6.45, 7) is -0.261. The summed E-state index contributed by atoms with van der Waals surface area (Å²) in [5, 5.41) is 8.99. The Kier molecular flexibility index (Phi) is 4.48. The van der Waals surface area contributed by atoms with E-state index in [2.05, 4.69) is 0 Å². The molecule has 1 aromatic rings. The van der Waals surface area contributed by atoms with Gasteiger partial charge in [-0.1, -0.05) is 0 Å². The van der Waals surface area contributed by atoms with Crippen LogP contribution in [0.25, 0.3) is 0 Å². The molecule has 0 saturated heterocycles. The number of hydrogen-bond donors (Lipinski definition) is 2. The molecule has 0 aliphatic carbocycles. The van der Waals surface area contributed by atoms with Crippen LogP contribution in [0.3, 0.4) is 0 Å². The molecular formula is C11H14FNO5S. The van der Waals surface area contributed by atoms with Gasteiger partial charge in [-0.15, -0.1) is 0 Å². The fourth-order valence-electron chi connectivity index (χ4n) is 1.64. The molecule has 0 aromatic heterocycles. The van der Waals surface area contributed by atoms with Crippen LogP contribution < -0.4 is 10.5 Å². The van der Waals surface area contributed by atoms with Gasteiger partial charge >= 0.3 is 5.97 Å². The molecule has 19 heavy (non-hydrogen) atoms. The molecule has 0 heterocycles. The Morgan fingerprint density at radius 3 is 2.47 bits per heavy atom. The van der Waals surface area contributed by atoms with E-state index in [4.69, 9.17) is 15.6 Å². The Bertz CT molecular complexity index is 599. The Morgan fingerprint density at radius 2 is 2.11 bits per heavy atom. The minimum atomic E-state index is -3.77. The molecule has 0 aliphatic rings. The normalized spacial score (nSPS) is 13.1. The van der Waals surface area contributed by atoms with Crippen molar-refractivity contribution >= 4 is 15.8 Å². The summed E-state index contributed by atoms with van der Waals surface area (Å²) in [7, 11) is -2.53. The molecule has 106 valence electrons. The fourth-order valence-corrected chi connectivity index (χ4v) is 2.38. The molecule has 0 fully saturated rings. The van der Waals surface area contributed by atoms with Crippen molar-refractivity contribution in [3.63, 3.8) is 0 Å². The lowest BCUT2D eigenvalue weighted by Gasteiger charge is -2.16. The van der Waals surface area contributed by atoms with Crippen molar-refractivity contribution in [2.75, 3.05) is 19.9 Å². The third kappa shape index (κ3) is 3.21. The summed E-state index contributed by atoms with van der Waals surface area (Å²) >= 11 is 0. The van der Waals surface area contributed by atoms with Gasteiger partial charge in [-0.25, -0.2) is 12.8 Å². The average Bonchev–Trinajstić information content (AvgIpc) is 2.28. The number of benzene rings is 1. The first kappa shape index (κ1) is 15.4. The van der Waals surface area contributed by atoms with Crippen LogP contribution in [-0.2, 0) is 14.6 Å². The van der Waals surface area contributed by atoms with Crippen LogP contribution in [0.1, 0.15) is 11.5 Å². The summed E-state index contributed by atoms with van der Waals surface area (Å²) < 4.78 is 41.4. The first-order valence-corrected chi connectivity index (χ1v) is 7.11. The van der Waals surface area contributed by atoms with Crippen molar-refractivity contribution in [3.8, 4) is 5.75 Å². The summed E-state index contributed by atoms with van der Waals surface area (Å²) in [5.41, 5.74) is 5.33. The summed E-state index contributed by atoms with van der Waals surface area (Å²) in [4.78, 5) is 10.5. The zero-order chi connectivity index (χ0) is 14.8. The monoisotopic (exact) mass is 291 g/mol. The highest BCUT2D eigenvalue weighted by Crippen LogP contribution is 2.31. The summed E-state index contributed by atoms with van der Waals surface area (Å²) in [6, 6.07) is 1.80. The quantitative estimate of drug-likeness (QED) is 0.811. The van der Waals surface area contributed by atoms with Crippen LogP contribution in [0.15, 0.2) is 17.0 Å². The van der Waals surface area contributed by atoms with Crippen LogP contribution in [0, 0.1) is 5.82 Å². The van der Waals surface area contributed by atoms with Gasteiger partial charge in [-0.3, -0.25) is 4.79 Å². The predicted molar refractivity (Wildman–Crippen MR) is 65.5 cm³/mol. The maximum absolute atomic E-state index is 13.8. The molecule has 0 saturated carbocycles. The number of nitrogens with two attached hydrogens (primary N) is 1. The van der Waals surface area contributed by atoms with Crippen molar-refractivity contribution in [1.29, 1.82) is 0 Å². The van der Waals surface area contributed by atoms with Crippen LogP contribution in [0.5, 0.6) is 5.75 Å². The van der Waals surface area contributed by atoms with Crippen molar-refractivity contribution in [2.45, 2.75) is 10.8 Å². The van der Waals surface area contributed by atoms with E-state index in [1.165, 1.54) is 7.11 Å². The first-order valence-electron chi connectivity index (χ1n) is 5.22. The lowest BCUT2D eigenvalue weighted by molar-refractivity contribution is -0.138. The van der Waals surface area contributed by atoms with Crippen LogP contribution >= 0.6 is 0 Å². The number of aliphatic carboxylic acids is 1. The molecular weight excluding hydrogens is 277 g/mol. The highest BCUT2D eigenvalue weighted by Gasteiger charge is 2.26. The Labute approximate surface area is 109 Å². The maximum atomic E-state index is 13.8. The van der Waals surface area contributed by atoms with E-state index in [0.29, 0.717) is 0 Å². The lowest BCUT2D eigenvalue weighted by atomic mass is 9.98. The van der Waals surface area contributed by atoms with E-state index >= 15 is 0 Å². The molecule has 0 aliphatic heterocycles. The number of ether oxygens (including phenoxy) is 1. The first-order chi connectivity index (χ1) is 8.72. The van der Waals surface area contributed by atoms with Crippen molar-refractivity contribution in [1.82, 2.24) is 0 Å². The molecule has 1 atom stereocenters. The number of carbonyl (C=O) groups is 1. The number of sulfone groups is 1. The van der Waals surface area contributed by atoms with Gasteiger partial charge < -0.3 is 15.6 Å². The van der Waals surface area contributed by atoms with Crippen LogP contribution in [0.4, 0.5) is 4.39 Å². The second-order valence-electron chi connectivity index (χ2n) is 3.92. The second kappa shape index (κ2) is 5.54. The topological polar surface area (TPSA) is 107 Å². The number of methoxy groups -OCH3 is 1. The standard InChI is InChI=1S/C11H14FNO5S/c1-18-9-4-10(19(2,16)17)8(12)3-6(9)7(5-13)11(14)15/h3-4,7H,5,13H2,1-2H3,(H,14,15). The van der Waals surface area contributed by atoms with Gasteiger partial charge in [0, 0.05) is 24.4 Å². The van der Waals surface area contributed by atoms with Gasteiger partial charge in [0.15, 0.2) is 9.84 Å². The molecule has 6 nitrogen and oxygen atoms in total. The molecule has 0 spiro atoms. The largest absolute Gasteiger partial charge is 0.496 e. The molecule has 8 heteroatoms. The molecule has 3 N–H and O–H groups in total. The number of carboxylic acid groups (broad SMARTS) is 1. The third-order valence-corrected chi connectivity index (χ3v) is 3.70. The van der Waals surface area contributed by atoms with E-state index in [-0.39, 0.29) is 17.9 Å². The zero-order valence-corrected chi connectivity index (χ0v) is 11.2. The highest BCUT2D eigenvalue weighted by atomic mass is 32.2. The van der Waals surface area contributed by atoms with Crippen LogP contribution in [0.2, 0.25) is 0 Å². The Hall–Kier alpha value is -1.67. The van der Waals surface area contributed by atoms with E-state index in [0.717, 1.165) is 18.4 Å². The lowest BCUT2D eigenvalue weighted by Crippen LogP contribution is -2.22. The second-order valence-corrected chi connectivity index (χ2v) is 5.91. The third-order valence-electron chi connectivity index (χ3n) is 2.59. The molecule has 0 radical (unpaired) electrons. The predicted octanol–water partition coefficient (Wildman–Crippen LogP) is 0.365. The van der Waals surface area contributed by atoms with E-state index < -0.39 is 32.4 Å².